The molecular weight excluding hydrogens is 308 g/mol. The molecule has 2 aromatic rings. The second-order valence-corrected chi connectivity index (χ2v) is 6.65. The first-order valence-corrected chi connectivity index (χ1v) is 8.83. The van der Waals surface area contributed by atoms with E-state index in [9.17, 15) is 4.79 Å². The number of rotatable bonds is 5. The molecule has 1 aliphatic heterocycles. The van der Waals surface area contributed by atoms with Gasteiger partial charge in [0.2, 0.25) is 0 Å². The first-order valence-electron chi connectivity index (χ1n) is 7.95. The van der Waals surface area contributed by atoms with Gasteiger partial charge in [0, 0.05) is 44.6 Å². The van der Waals surface area contributed by atoms with Crippen molar-refractivity contribution in [3.05, 3.63) is 46.3 Å². The Morgan fingerprint density at radius 1 is 1.22 bits per heavy atom. The molecule has 3 rings (SSSR count). The van der Waals surface area contributed by atoms with Gasteiger partial charge in [-0.2, -0.15) is 0 Å². The summed E-state index contributed by atoms with van der Waals surface area (Å²) in [5.74, 6) is 0.755. The van der Waals surface area contributed by atoms with E-state index >= 15 is 0 Å². The number of hydrogen-bond acceptors (Lipinski definition) is 5. The minimum atomic E-state index is -0.138. The normalized spacial score (nSPS) is 15.6. The number of amides is 1. The SMILES string of the molecule is CNC(=O)c1cccc(N2CCN(CCc3cccs3)CC2)n1. The Hall–Kier alpha value is -1.92. The van der Waals surface area contributed by atoms with E-state index in [-0.39, 0.29) is 5.91 Å². The highest BCUT2D eigenvalue weighted by Gasteiger charge is 2.18. The predicted molar refractivity (Wildman–Crippen MR) is 94.3 cm³/mol. The number of carbonyl (C=O) groups excluding carboxylic acids is 1. The highest BCUT2D eigenvalue weighted by molar-refractivity contribution is 7.09. The van der Waals surface area contributed by atoms with Crippen molar-refractivity contribution in [2.45, 2.75) is 6.42 Å². The van der Waals surface area contributed by atoms with Crippen molar-refractivity contribution in [3.8, 4) is 0 Å². The van der Waals surface area contributed by atoms with Gasteiger partial charge in [0.05, 0.1) is 0 Å². The summed E-state index contributed by atoms with van der Waals surface area (Å²) in [6.07, 6.45) is 1.13. The fraction of sp³-hybridized carbons (Fsp3) is 0.412. The Bertz CT molecular complexity index is 636. The average Bonchev–Trinajstić information content (AvgIpc) is 3.13. The second kappa shape index (κ2) is 7.57. The third-order valence-corrected chi connectivity index (χ3v) is 5.08. The van der Waals surface area contributed by atoms with Crippen molar-refractivity contribution in [1.82, 2.24) is 15.2 Å². The molecule has 0 spiro atoms. The largest absolute Gasteiger partial charge is 0.354 e. The summed E-state index contributed by atoms with van der Waals surface area (Å²) in [6.45, 7) is 5.10. The van der Waals surface area contributed by atoms with Crippen LogP contribution in [0.1, 0.15) is 15.4 Å². The highest BCUT2D eigenvalue weighted by atomic mass is 32.1. The van der Waals surface area contributed by atoms with Crippen LogP contribution in [0.25, 0.3) is 0 Å². The molecule has 1 aliphatic rings. The minimum Gasteiger partial charge on any atom is -0.354 e. The predicted octanol–water partition coefficient (Wildman–Crippen LogP) is 1.87. The smallest absolute Gasteiger partial charge is 0.269 e. The van der Waals surface area contributed by atoms with Gasteiger partial charge in [-0.1, -0.05) is 12.1 Å². The van der Waals surface area contributed by atoms with Crippen LogP contribution < -0.4 is 10.2 Å². The topological polar surface area (TPSA) is 48.5 Å². The molecule has 5 nitrogen and oxygen atoms in total. The fourth-order valence-corrected chi connectivity index (χ4v) is 3.48. The van der Waals surface area contributed by atoms with Gasteiger partial charge in [0.1, 0.15) is 11.5 Å². The Labute approximate surface area is 140 Å². The number of anilines is 1. The number of piperazine rings is 1. The summed E-state index contributed by atoms with van der Waals surface area (Å²) in [4.78, 5) is 22.4. The molecule has 2 aromatic heterocycles. The van der Waals surface area contributed by atoms with Crippen molar-refractivity contribution < 1.29 is 4.79 Å². The quantitative estimate of drug-likeness (QED) is 0.909. The second-order valence-electron chi connectivity index (χ2n) is 5.62. The summed E-state index contributed by atoms with van der Waals surface area (Å²) in [5.41, 5.74) is 0.477. The molecule has 1 fully saturated rings. The zero-order valence-electron chi connectivity index (χ0n) is 13.4. The molecule has 0 atom stereocenters. The van der Waals surface area contributed by atoms with Gasteiger partial charge in [-0.05, 0) is 30.0 Å². The Morgan fingerprint density at radius 2 is 2.04 bits per heavy atom. The average molecular weight is 330 g/mol. The highest BCUT2D eigenvalue weighted by Crippen LogP contribution is 2.15. The van der Waals surface area contributed by atoms with Crippen LogP contribution in [0.2, 0.25) is 0 Å². The van der Waals surface area contributed by atoms with Crippen LogP contribution in [0.15, 0.2) is 35.7 Å². The molecule has 0 unspecified atom stereocenters. The lowest BCUT2D eigenvalue weighted by atomic mass is 10.2. The maximum Gasteiger partial charge on any atom is 0.269 e. The lowest BCUT2D eigenvalue weighted by Gasteiger charge is -2.35. The number of aromatic nitrogens is 1. The fourth-order valence-electron chi connectivity index (χ4n) is 2.78. The van der Waals surface area contributed by atoms with Crippen molar-refractivity contribution >= 4 is 23.1 Å². The molecular formula is C17H22N4OS. The summed E-state index contributed by atoms with van der Waals surface area (Å²) in [7, 11) is 1.63. The molecule has 23 heavy (non-hydrogen) atoms. The zero-order valence-corrected chi connectivity index (χ0v) is 14.2. The van der Waals surface area contributed by atoms with Gasteiger partial charge >= 0.3 is 0 Å². The molecule has 3 heterocycles. The number of nitrogens with one attached hydrogen (secondary N) is 1. The summed E-state index contributed by atoms with van der Waals surface area (Å²) in [5, 5.41) is 4.76. The van der Waals surface area contributed by atoms with E-state index in [4.69, 9.17) is 0 Å². The third-order valence-electron chi connectivity index (χ3n) is 4.14. The van der Waals surface area contributed by atoms with E-state index in [1.165, 1.54) is 4.88 Å². The van der Waals surface area contributed by atoms with E-state index in [1.807, 2.05) is 23.5 Å². The van der Waals surface area contributed by atoms with Crippen molar-refractivity contribution in [1.29, 1.82) is 0 Å². The van der Waals surface area contributed by atoms with Gasteiger partial charge in [-0.3, -0.25) is 9.69 Å². The van der Waals surface area contributed by atoms with E-state index in [2.05, 4.69) is 37.6 Å². The van der Waals surface area contributed by atoms with Crippen LogP contribution in [0.5, 0.6) is 0 Å². The molecule has 6 heteroatoms. The van der Waals surface area contributed by atoms with Gasteiger partial charge in [0.15, 0.2) is 0 Å². The Kier molecular flexibility index (Phi) is 5.25. The van der Waals surface area contributed by atoms with Crippen LogP contribution >= 0.6 is 11.3 Å². The first-order chi connectivity index (χ1) is 11.3. The van der Waals surface area contributed by atoms with Gasteiger partial charge < -0.3 is 10.2 Å². The Balaban J connectivity index is 1.53. The van der Waals surface area contributed by atoms with E-state index in [1.54, 1.807) is 13.1 Å². The lowest BCUT2D eigenvalue weighted by Crippen LogP contribution is -2.47. The van der Waals surface area contributed by atoms with Gasteiger partial charge in [-0.15, -0.1) is 11.3 Å². The van der Waals surface area contributed by atoms with Crippen LogP contribution in [-0.2, 0) is 6.42 Å². The lowest BCUT2D eigenvalue weighted by molar-refractivity contribution is 0.0958. The van der Waals surface area contributed by atoms with Crippen LogP contribution in [0.4, 0.5) is 5.82 Å². The third kappa shape index (κ3) is 4.09. The summed E-state index contributed by atoms with van der Waals surface area (Å²) in [6, 6.07) is 9.95. The number of pyridine rings is 1. The van der Waals surface area contributed by atoms with Gasteiger partial charge in [-0.25, -0.2) is 4.98 Å². The number of hydrogen-bond donors (Lipinski definition) is 1. The first kappa shape index (κ1) is 16.0. The van der Waals surface area contributed by atoms with Gasteiger partial charge in [0.25, 0.3) is 5.91 Å². The van der Waals surface area contributed by atoms with E-state index < -0.39 is 0 Å². The summed E-state index contributed by atoms with van der Waals surface area (Å²) < 4.78 is 0. The van der Waals surface area contributed by atoms with E-state index in [0.29, 0.717) is 5.69 Å². The Morgan fingerprint density at radius 3 is 2.74 bits per heavy atom. The summed E-state index contributed by atoms with van der Waals surface area (Å²) >= 11 is 1.83. The standard InChI is InChI=1S/C17H22N4OS/c1-18-17(22)15-5-2-6-16(19-15)21-11-9-20(10-12-21)8-7-14-4-3-13-23-14/h2-6,13H,7-12H2,1H3,(H,18,22). The van der Waals surface area contributed by atoms with Crippen molar-refractivity contribution in [2.24, 2.45) is 0 Å². The minimum absolute atomic E-state index is 0.138. The molecule has 122 valence electrons. The van der Waals surface area contributed by atoms with Crippen molar-refractivity contribution in [2.75, 3.05) is 44.7 Å². The number of nitrogens with zero attached hydrogens (tertiary/aromatic N) is 3. The number of thiophene rings is 1. The molecule has 0 saturated carbocycles. The number of carbonyl (C=O) groups is 1. The van der Waals surface area contributed by atoms with Crippen LogP contribution in [0, 0.1) is 0 Å². The molecule has 1 saturated heterocycles. The van der Waals surface area contributed by atoms with Crippen LogP contribution in [0.3, 0.4) is 0 Å². The molecule has 0 radical (unpaired) electrons. The molecule has 1 N–H and O–H groups in total. The van der Waals surface area contributed by atoms with Crippen LogP contribution in [-0.4, -0.2) is 55.6 Å². The zero-order chi connectivity index (χ0) is 16.1. The maximum atomic E-state index is 11.7. The van der Waals surface area contributed by atoms with E-state index in [0.717, 1.165) is 45.0 Å². The molecule has 1 amide bonds. The molecule has 0 aromatic carbocycles. The monoisotopic (exact) mass is 330 g/mol. The van der Waals surface area contributed by atoms with Crippen molar-refractivity contribution in [3.63, 3.8) is 0 Å². The molecule has 0 bridgehead atoms. The maximum absolute atomic E-state index is 11.7. The molecule has 0 aliphatic carbocycles.